The van der Waals surface area contributed by atoms with E-state index in [0.717, 1.165) is 30.5 Å². The lowest BCUT2D eigenvalue weighted by molar-refractivity contribution is -0.0501. The summed E-state index contributed by atoms with van der Waals surface area (Å²) >= 11 is 0. The summed E-state index contributed by atoms with van der Waals surface area (Å²) < 4.78 is 131. The Morgan fingerprint density at radius 1 is 1.00 bits per heavy atom. The predicted molar refractivity (Wildman–Crippen MR) is 172 cm³/mol. The molecule has 6 rings (SSSR count). The molecule has 0 bridgehead atoms. The molecule has 0 unspecified atom stereocenters. The van der Waals surface area contributed by atoms with Crippen LogP contribution in [-0.4, -0.2) is 56.0 Å². The van der Waals surface area contributed by atoms with Gasteiger partial charge in [0, 0.05) is 40.5 Å². The first-order valence-electron chi connectivity index (χ1n) is 14.3. The lowest BCUT2D eigenvalue weighted by Crippen LogP contribution is -2.28. The molecular weight excluding hydrogens is 713 g/mol. The Bertz CT molecular complexity index is 2530. The summed E-state index contributed by atoms with van der Waals surface area (Å²) in [5.74, 6) is -3.47. The van der Waals surface area contributed by atoms with Crippen LogP contribution in [0.1, 0.15) is 17.3 Å². The maximum absolute atomic E-state index is 14.6. The molecule has 19 heteroatoms. The zero-order valence-electron chi connectivity index (χ0n) is 25.5. The fourth-order valence-electron chi connectivity index (χ4n) is 4.98. The molecule has 0 radical (unpaired) electrons. The number of carbonyl (C=O) groups excluding carboxylic acids is 1. The van der Waals surface area contributed by atoms with E-state index in [0.29, 0.717) is 5.56 Å². The Morgan fingerprint density at radius 3 is 2.36 bits per heavy atom. The number of fused-ring (bicyclic) bond motifs is 2. The molecule has 0 spiro atoms. The van der Waals surface area contributed by atoms with Gasteiger partial charge in [0.25, 0.3) is 11.8 Å². The lowest BCUT2D eigenvalue weighted by Gasteiger charge is -2.15. The minimum atomic E-state index is -6.27. The van der Waals surface area contributed by atoms with Crippen molar-refractivity contribution >= 4 is 53.6 Å². The second-order valence-electron chi connectivity index (χ2n) is 10.6. The summed E-state index contributed by atoms with van der Waals surface area (Å²) in [7, 11) is -8.95. The van der Waals surface area contributed by atoms with Crippen LogP contribution >= 0.6 is 0 Å². The summed E-state index contributed by atoms with van der Waals surface area (Å²) in [5.41, 5.74) is -6.80. The maximum atomic E-state index is 14.6. The highest BCUT2D eigenvalue weighted by Gasteiger charge is 2.49. The lowest BCUT2D eigenvalue weighted by atomic mass is 10.0. The summed E-state index contributed by atoms with van der Waals surface area (Å²) in [5, 5.41) is 2.56. The number of halogens is 5. The first-order chi connectivity index (χ1) is 23.5. The van der Waals surface area contributed by atoms with Gasteiger partial charge in [-0.2, -0.15) is 21.6 Å². The SMILES string of the molecule is CCS(=O)(=O)Nc1cc2oc(-c3ccc(F)cc3)c(C(=O)NC)c2cc1-c1cnc(OS(=O)(=O)C(F)(F)F)c(-c2cc3c(F)cccc3[nH]2)n1. The number of nitrogens with zero attached hydrogens (tertiary/aromatic N) is 2. The fourth-order valence-corrected chi connectivity index (χ4v) is 6.05. The minimum Gasteiger partial charge on any atom is -0.455 e. The number of aromatic nitrogens is 3. The summed E-state index contributed by atoms with van der Waals surface area (Å²) in [6.45, 7) is 1.35. The quantitative estimate of drug-likeness (QED) is 0.0871. The molecule has 12 nitrogen and oxygen atoms in total. The average Bonchev–Trinajstić information content (AvgIpc) is 3.66. The van der Waals surface area contributed by atoms with E-state index in [1.807, 2.05) is 0 Å². The first kappa shape index (κ1) is 34.3. The van der Waals surface area contributed by atoms with Gasteiger partial charge in [-0.05, 0) is 55.5 Å². The highest BCUT2D eigenvalue weighted by molar-refractivity contribution is 7.92. The second kappa shape index (κ2) is 12.4. The largest absolute Gasteiger partial charge is 0.534 e. The van der Waals surface area contributed by atoms with Crippen molar-refractivity contribution in [1.82, 2.24) is 20.3 Å². The Kier molecular flexibility index (Phi) is 8.51. The summed E-state index contributed by atoms with van der Waals surface area (Å²) in [6, 6.07) is 12.6. The second-order valence-corrected chi connectivity index (χ2v) is 14.1. The molecule has 3 heterocycles. The molecule has 0 atom stereocenters. The number of H-pyrrole nitrogens is 1. The van der Waals surface area contributed by atoms with E-state index in [1.165, 1.54) is 50.4 Å². The van der Waals surface area contributed by atoms with Crippen LogP contribution in [0, 0.1) is 11.6 Å². The predicted octanol–water partition coefficient (Wildman–Crippen LogP) is 6.33. The molecule has 3 aromatic heterocycles. The summed E-state index contributed by atoms with van der Waals surface area (Å²) in [4.78, 5) is 24.0. The smallest absolute Gasteiger partial charge is 0.455 e. The minimum absolute atomic E-state index is 0.00372. The Balaban J connectivity index is 1.64. The normalized spacial score (nSPS) is 12.4. The molecule has 6 aromatic rings. The van der Waals surface area contributed by atoms with Crippen molar-refractivity contribution < 1.29 is 52.2 Å². The number of furan rings is 1. The van der Waals surface area contributed by atoms with E-state index >= 15 is 0 Å². The number of carbonyl (C=O) groups is 1. The fraction of sp³-hybridized carbons (Fsp3) is 0.129. The van der Waals surface area contributed by atoms with Crippen molar-refractivity contribution in [3.8, 4) is 39.8 Å². The van der Waals surface area contributed by atoms with E-state index in [9.17, 15) is 43.6 Å². The number of hydrogen-bond acceptors (Lipinski definition) is 9. The van der Waals surface area contributed by atoms with Gasteiger partial charge >= 0.3 is 15.6 Å². The number of anilines is 1. The van der Waals surface area contributed by atoms with Gasteiger partial charge < -0.3 is 18.9 Å². The van der Waals surface area contributed by atoms with Crippen molar-refractivity contribution in [2.24, 2.45) is 0 Å². The van der Waals surface area contributed by atoms with Crippen molar-refractivity contribution in [2.75, 3.05) is 17.5 Å². The van der Waals surface area contributed by atoms with Crippen LogP contribution in [0.3, 0.4) is 0 Å². The molecule has 3 aromatic carbocycles. The van der Waals surface area contributed by atoms with Gasteiger partial charge in [-0.1, -0.05) is 6.07 Å². The average molecular weight is 736 g/mol. The topological polar surface area (TPSA) is 173 Å². The van der Waals surface area contributed by atoms with Crippen LogP contribution in [0.15, 0.2) is 71.3 Å². The van der Waals surface area contributed by atoms with Crippen LogP contribution < -0.4 is 14.2 Å². The molecule has 0 fully saturated rings. The molecule has 0 saturated carbocycles. The van der Waals surface area contributed by atoms with Crippen LogP contribution in [0.5, 0.6) is 5.88 Å². The molecule has 50 heavy (non-hydrogen) atoms. The van der Waals surface area contributed by atoms with Gasteiger partial charge in [0.15, 0.2) is 5.69 Å². The number of alkyl halides is 3. The highest BCUT2D eigenvalue weighted by Crippen LogP contribution is 2.41. The van der Waals surface area contributed by atoms with E-state index in [-0.39, 0.29) is 55.8 Å². The van der Waals surface area contributed by atoms with Gasteiger partial charge in [0.2, 0.25) is 10.0 Å². The number of nitrogens with one attached hydrogen (secondary N) is 3. The summed E-state index contributed by atoms with van der Waals surface area (Å²) in [6.07, 6.45) is 0.819. The van der Waals surface area contributed by atoms with Gasteiger partial charge in [0.05, 0.1) is 34.6 Å². The third-order valence-corrected chi connectivity index (χ3v) is 9.62. The maximum Gasteiger partial charge on any atom is 0.534 e. The van der Waals surface area contributed by atoms with Crippen LogP contribution in [-0.2, 0) is 20.1 Å². The highest BCUT2D eigenvalue weighted by atomic mass is 32.2. The zero-order valence-corrected chi connectivity index (χ0v) is 27.1. The van der Waals surface area contributed by atoms with Gasteiger partial charge in [-0.3, -0.25) is 9.52 Å². The number of benzene rings is 3. The first-order valence-corrected chi connectivity index (χ1v) is 17.3. The molecular formula is C31H22F5N5O7S2. The zero-order chi connectivity index (χ0) is 36.2. The molecule has 3 N–H and O–H groups in total. The van der Waals surface area contributed by atoms with Crippen LogP contribution in [0.2, 0.25) is 0 Å². The molecule has 0 aliphatic carbocycles. The van der Waals surface area contributed by atoms with Gasteiger partial charge in [-0.25, -0.2) is 27.2 Å². The van der Waals surface area contributed by atoms with Gasteiger partial charge in [0.1, 0.15) is 23.0 Å². The Morgan fingerprint density at radius 2 is 1.72 bits per heavy atom. The Hall–Kier alpha value is -5.56. The standard InChI is InChI=1S/C31H22F5N5O7S2/c1-3-49(43,44)41-22-13-25-19(26(29(42)37-2)28(47-25)15-7-9-16(32)10-8-15)11-18(22)24-14-38-30(48-50(45,46)31(34,35)36)27(40-24)23-12-17-20(33)5-4-6-21(17)39-23/h4-14,39,41H,3H2,1-2H3,(H,37,42). The van der Waals surface area contributed by atoms with Gasteiger partial charge in [-0.15, -0.1) is 0 Å². The molecule has 0 saturated heterocycles. The van der Waals surface area contributed by atoms with Crippen molar-refractivity contribution in [2.45, 2.75) is 12.4 Å². The van der Waals surface area contributed by atoms with E-state index in [2.05, 4.69) is 29.2 Å². The number of rotatable bonds is 9. The monoisotopic (exact) mass is 735 g/mol. The number of amides is 1. The van der Waals surface area contributed by atoms with E-state index in [1.54, 1.807) is 0 Å². The van der Waals surface area contributed by atoms with Crippen molar-refractivity contribution in [3.05, 3.63) is 84.1 Å². The number of hydrogen-bond donors (Lipinski definition) is 3. The van der Waals surface area contributed by atoms with Crippen molar-refractivity contribution in [3.63, 3.8) is 0 Å². The van der Waals surface area contributed by atoms with Crippen LogP contribution in [0.25, 0.3) is 55.8 Å². The third kappa shape index (κ3) is 6.31. The van der Waals surface area contributed by atoms with E-state index in [4.69, 9.17) is 4.42 Å². The molecule has 0 aliphatic rings. The number of sulfonamides is 1. The van der Waals surface area contributed by atoms with E-state index < -0.39 is 60.5 Å². The molecule has 260 valence electrons. The number of aromatic amines is 1. The molecule has 0 aliphatic heterocycles. The Labute approximate surface area is 279 Å². The van der Waals surface area contributed by atoms with Crippen molar-refractivity contribution in [1.29, 1.82) is 0 Å². The molecule has 1 amide bonds. The third-order valence-electron chi connectivity index (χ3n) is 7.39. The van der Waals surface area contributed by atoms with Crippen LogP contribution in [0.4, 0.5) is 27.6 Å².